The molecule has 2 rings (SSSR count). The van der Waals surface area contributed by atoms with Crippen LogP contribution >= 0.6 is 0 Å². The summed E-state index contributed by atoms with van der Waals surface area (Å²) in [7, 11) is 0. The summed E-state index contributed by atoms with van der Waals surface area (Å²) in [6.45, 7) is -0.0103. The molecule has 0 radical (unpaired) electrons. The highest BCUT2D eigenvalue weighted by atomic mass is 16.4. The lowest BCUT2D eigenvalue weighted by Crippen LogP contribution is -2.44. The third-order valence-corrected chi connectivity index (χ3v) is 4.79. The summed E-state index contributed by atoms with van der Waals surface area (Å²) >= 11 is 0. The number of carboxylic acid groups (broad SMARTS) is 1. The molecule has 2 aliphatic carbocycles. The molecule has 0 aromatic carbocycles. The van der Waals surface area contributed by atoms with E-state index in [0.29, 0.717) is 19.3 Å². The van der Waals surface area contributed by atoms with E-state index in [2.05, 4.69) is 10.6 Å². The lowest BCUT2D eigenvalue weighted by atomic mass is 9.81. The number of hydrogen-bond donors (Lipinski definition) is 3. The molecule has 2 saturated carbocycles. The highest BCUT2D eigenvalue weighted by Crippen LogP contribution is 2.29. The molecular weight excluding hydrogens is 284 g/mol. The fourth-order valence-electron chi connectivity index (χ4n) is 3.49. The third-order valence-electron chi connectivity index (χ3n) is 4.79. The van der Waals surface area contributed by atoms with Crippen molar-refractivity contribution in [2.24, 2.45) is 11.8 Å². The Balaban J connectivity index is 1.70. The average molecular weight is 310 g/mol. The van der Waals surface area contributed by atoms with Crippen LogP contribution < -0.4 is 10.6 Å². The van der Waals surface area contributed by atoms with Gasteiger partial charge in [0.25, 0.3) is 0 Å². The van der Waals surface area contributed by atoms with Crippen LogP contribution in [0.15, 0.2) is 0 Å². The first kappa shape index (κ1) is 16.8. The summed E-state index contributed by atoms with van der Waals surface area (Å²) in [5.74, 6) is -1.87. The van der Waals surface area contributed by atoms with Gasteiger partial charge in [-0.1, -0.05) is 25.7 Å². The van der Waals surface area contributed by atoms with E-state index in [-0.39, 0.29) is 30.3 Å². The van der Waals surface area contributed by atoms with Gasteiger partial charge in [0.05, 0.1) is 12.5 Å². The summed E-state index contributed by atoms with van der Waals surface area (Å²) in [4.78, 5) is 34.9. The summed E-state index contributed by atoms with van der Waals surface area (Å²) in [6.07, 6.45) is 8.04. The normalized spacial score (nSPS) is 26.2. The highest BCUT2D eigenvalue weighted by Gasteiger charge is 2.31. The lowest BCUT2D eigenvalue weighted by molar-refractivity contribution is -0.144. The van der Waals surface area contributed by atoms with Gasteiger partial charge in [-0.3, -0.25) is 14.4 Å². The number of carbonyl (C=O) groups is 3. The molecule has 3 N–H and O–H groups in total. The molecule has 0 spiro atoms. The Kier molecular flexibility index (Phi) is 6.21. The van der Waals surface area contributed by atoms with Gasteiger partial charge in [0.1, 0.15) is 0 Å². The minimum atomic E-state index is -0.826. The van der Waals surface area contributed by atoms with Gasteiger partial charge >= 0.3 is 5.97 Å². The number of amides is 2. The van der Waals surface area contributed by atoms with Gasteiger partial charge in [-0.15, -0.1) is 0 Å². The molecular formula is C16H26N2O4. The first-order chi connectivity index (χ1) is 10.6. The number of aliphatic carboxylic acids is 1. The predicted octanol–water partition coefficient (Wildman–Crippen LogP) is 1.44. The highest BCUT2D eigenvalue weighted by molar-refractivity contribution is 5.86. The summed E-state index contributed by atoms with van der Waals surface area (Å²) in [5, 5.41) is 14.7. The first-order valence-electron chi connectivity index (χ1n) is 8.36. The zero-order valence-corrected chi connectivity index (χ0v) is 13.0. The molecule has 6 heteroatoms. The smallest absolute Gasteiger partial charge is 0.306 e. The molecule has 0 bridgehead atoms. The molecule has 6 nitrogen and oxygen atoms in total. The van der Waals surface area contributed by atoms with Crippen LogP contribution in [-0.2, 0) is 14.4 Å². The lowest BCUT2D eigenvalue weighted by Gasteiger charge is -2.26. The van der Waals surface area contributed by atoms with Crippen molar-refractivity contribution in [3.63, 3.8) is 0 Å². The summed E-state index contributed by atoms with van der Waals surface area (Å²) in [6, 6.07) is 0.240. The van der Waals surface area contributed by atoms with Crippen molar-refractivity contribution in [3.05, 3.63) is 0 Å². The van der Waals surface area contributed by atoms with E-state index in [1.165, 1.54) is 6.42 Å². The molecule has 22 heavy (non-hydrogen) atoms. The maximum Gasteiger partial charge on any atom is 0.306 e. The van der Waals surface area contributed by atoms with Crippen LogP contribution in [0.1, 0.15) is 57.8 Å². The Morgan fingerprint density at radius 1 is 0.909 bits per heavy atom. The molecule has 0 aromatic rings. The van der Waals surface area contributed by atoms with Crippen LogP contribution in [0, 0.1) is 11.8 Å². The molecule has 2 aliphatic rings. The molecule has 2 atom stereocenters. The van der Waals surface area contributed by atoms with Crippen molar-refractivity contribution in [3.8, 4) is 0 Å². The number of nitrogens with one attached hydrogen (secondary N) is 2. The van der Waals surface area contributed by atoms with Crippen molar-refractivity contribution in [1.29, 1.82) is 0 Å². The quantitative estimate of drug-likeness (QED) is 0.716. The Morgan fingerprint density at radius 2 is 1.59 bits per heavy atom. The van der Waals surface area contributed by atoms with Crippen molar-refractivity contribution in [1.82, 2.24) is 10.6 Å². The molecule has 0 aliphatic heterocycles. The van der Waals surface area contributed by atoms with Crippen molar-refractivity contribution in [2.75, 3.05) is 6.54 Å². The minimum absolute atomic E-state index is 0.0103. The van der Waals surface area contributed by atoms with Gasteiger partial charge in [0.15, 0.2) is 0 Å². The zero-order chi connectivity index (χ0) is 15.9. The predicted molar refractivity (Wildman–Crippen MR) is 81.1 cm³/mol. The largest absolute Gasteiger partial charge is 0.481 e. The Bertz CT molecular complexity index is 418. The van der Waals surface area contributed by atoms with Crippen LogP contribution in [0.4, 0.5) is 0 Å². The maximum absolute atomic E-state index is 12.1. The molecule has 0 aromatic heterocycles. The Morgan fingerprint density at radius 3 is 2.27 bits per heavy atom. The average Bonchev–Trinajstić information content (AvgIpc) is 2.53. The van der Waals surface area contributed by atoms with Crippen LogP contribution in [-0.4, -0.2) is 35.5 Å². The van der Waals surface area contributed by atoms with Crippen molar-refractivity contribution < 1.29 is 19.5 Å². The summed E-state index contributed by atoms with van der Waals surface area (Å²) in [5.41, 5.74) is 0. The molecule has 2 fully saturated rings. The molecule has 0 heterocycles. The van der Waals surface area contributed by atoms with Crippen molar-refractivity contribution >= 4 is 17.8 Å². The van der Waals surface area contributed by atoms with E-state index < -0.39 is 11.9 Å². The second kappa shape index (κ2) is 8.15. The standard InChI is InChI=1S/C16H26N2O4/c19-14(18-13-7-2-1-3-8-13)10-17-15(20)11-5-4-6-12(9-11)16(21)22/h11-13H,1-10H2,(H,17,20)(H,18,19)(H,21,22). The number of rotatable bonds is 5. The van der Waals surface area contributed by atoms with E-state index in [4.69, 9.17) is 5.11 Å². The van der Waals surface area contributed by atoms with E-state index in [1.807, 2.05) is 0 Å². The van der Waals surface area contributed by atoms with Gasteiger partial charge in [-0.2, -0.15) is 0 Å². The SMILES string of the molecule is O=C(CNC(=O)C1CCCC(C(=O)O)C1)NC1CCCCC1. The Hall–Kier alpha value is -1.59. The number of hydrogen-bond acceptors (Lipinski definition) is 3. The second-order valence-corrected chi connectivity index (χ2v) is 6.52. The van der Waals surface area contributed by atoms with Gasteiger partial charge in [0, 0.05) is 12.0 Å². The van der Waals surface area contributed by atoms with Crippen LogP contribution in [0.3, 0.4) is 0 Å². The first-order valence-corrected chi connectivity index (χ1v) is 8.36. The van der Waals surface area contributed by atoms with Gasteiger partial charge in [0.2, 0.25) is 11.8 Å². The van der Waals surface area contributed by atoms with Crippen LogP contribution in [0.5, 0.6) is 0 Å². The van der Waals surface area contributed by atoms with Gasteiger partial charge in [-0.25, -0.2) is 0 Å². The fraction of sp³-hybridized carbons (Fsp3) is 0.812. The van der Waals surface area contributed by atoms with E-state index in [0.717, 1.165) is 32.1 Å². The molecule has 0 saturated heterocycles. The minimum Gasteiger partial charge on any atom is -0.481 e. The van der Waals surface area contributed by atoms with Gasteiger partial charge in [-0.05, 0) is 32.1 Å². The monoisotopic (exact) mass is 310 g/mol. The van der Waals surface area contributed by atoms with Crippen molar-refractivity contribution in [2.45, 2.75) is 63.8 Å². The molecule has 124 valence electrons. The van der Waals surface area contributed by atoms with Crippen LogP contribution in [0.25, 0.3) is 0 Å². The topological polar surface area (TPSA) is 95.5 Å². The fourth-order valence-corrected chi connectivity index (χ4v) is 3.49. The zero-order valence-electron chi connectivity index (χ0n) is 13.0. The number of carboxylic acids is 1. The maximum atomic E-state index is 12.1. The van der Waals surface area contributed by atoms with Gasteiger partial charge < -0.3 is 15.7 Å². The number of carbonyl (C=O) groups excluding carboxylic acids is 2. The third kappa shape index (κ3) is 5.00. The summed E-state index contributed by atoms with van der Waals surface area (Å²) < 4.78 is 0. The van der Waals surface area contributed by atoms with E-state index in [9.17, 15) is 14.4 Å². The van der Waals surface area contributed by atoms with Crippen LogP contribution in [0.2, 0.25) is 0 Å². The van der Waals surface area contributed by atoms with E-state index >= 15 is 0 Å². The molecule has 2 amide bonds. The molecule has 2 unspecified atom stereocenters. The second-order valence-electron chi connectivity index (χ2n) is 6.52. The Labute approximate surface area is 131 Å². The van der Waals surface area contributed by atoms with E-state index in [1.54, 1.807) is 0 Å².